The SMILES string of the molecule is CC(C)(C)OC(=O)N1CCN(CCCS(=O)(=O)O)CC1. The van der Waals surface area contributed by atoms with E-state index in [2.05, 4.69) is 4.90 Å². The second kappa shape index (κ2) is 6.73. The van der Waals surface area contributed by atoms with Gasteiger partial charge in [-0.05, 0) is 33.7 Å². The summed E-state index contributed by atoms with van der Waals surface area (Å²) in [6, 6.07) is 0. The maximum absolute atomic E-state index is 11.8. The average molecular weight is 308 g/mol. The highest BCUT2D eigenvalue weighted by molar-refractivity contribution is 7.85. The van der Waals surface area contributed by atoms with Gasteiger partial charge < -0.3 is 9.64 Å². The van der Waals surface area contributed by atoms with Crippen LogP contribution in [-0.2, 0) is 14.9 Å². The Balaban J connectivity index is 2.28. The smallest absolute Gasteiger partial charge is 0.410 e. The van der Waals surface area contributed by atoms with Crippen molar-refractivity contribution in [3.8, 4) is 0 Å². The van der Waals surface area contributed by atoms with E-state index in [1.54, 1.807) is 4.90 Å². The number of hydrogen-bond donors (Lipinski definition) is 1. The lowest BCUT2D eigenvalue weighted by atomic mass is 10.2. The van der Waals surface area contributed by atoms with Gasteiger partial charge in [-0.3, -0.25) is 9.45 Å². The standard InChI is InChI=1S/C12H24N2O5S/c1-12(2,3)19-11(15)14-8-6-13(7-9-14)5-4-10-20(16,17)18/h4-10H2,1-3H3,(H,16,17,18). The second-order valence-electron chi connectivity index (χ2n) is 5.95. The van der Waals surface area contributed by atoms with Gasteiger partial charge in [-0.15, -0.1) is 0 Å². The fourth-order valence-electron chi connectivity index (χ4n) is 1.95. The van der Waals surface area contributed by atoms with Crippen molar-refractivity contribution in [1.29, 1.82) is 0 Å². The van der Waals surface area contributed by atoms with Gasteiger partial charge in [-0.25, -0.2) is 4.79 Å². The molecule has 118 valence electrons. The number of amides is 1. The van der Waals surface area contributed by atoms with Gasteiger partial charge in [0, 0.05) is 26.2 Å². The molecular weight excluding hydrogens is 284 g/mol. The van der Waals surface area contributed by atoms with Crippen molar-refractivity contribution in [2.75, 3.05) is 38.5 Å². The summed E-state index contributed by atoms with van der Waals surface area (Å²) in [5.74, 6) is -0.223. The Labute approximate surface area is 120 Å². The second-order valence-corrected chi connectivity index (χ2v) is 7.52. The van der Waals surface area contributed by atoms with Gasteiger partial charge in [0.1, 0.15) is 5.60 Å². The Kier molecular flexibility index (Phi) is 5.79. The highest BCUT2D eigenvalue weighted by atomic mass is 32.2. The molecular formula is C12H24N2O5S. The van der Waals surface area contributed by atoms with Crippen LogP contribution in [0.1, 0.15) is 27.2 Å². The summed E-state index contributed by atoms with van der Waals surface area (Å²) in [6.07, 6.45) is 0.0840. The van der Waals surface area contributed by atoms with Crippen molar-refractivity contribution in [3.05, 3.63) is 0 Å². The molecule has 0 atom stereocenters. The zero-order chi connectivity index (χ0) is 15.4. The number of piperazine rings is 1. The first kappa shape index (κ1) is 17.2. The summed E-state index contributed by atoms with van der Waals surface area (Å²) in [5.41, 5.74) is -0.496. The van der Waals surface area contributed by atoms with Crippen LogP contribution in [0.2, 0.25) is 0 Å². The largest absolute Gasteiger partial charge is 0.444 e. The maximum Gasteiger partial charge on any atom is 0.410 e. The topological polar surface area (TPSA) is 87.2 Å². The molecule has 0 aromatic heterocycles. The zero-order valence-electron chi connectivity index (χ0n) is 12.3. The van der Waals surface area contributed by atoms with E-state index in [0.717, 1.165) is 0 Å². The lowest BCUT2D eigenvalue weighted by Crippen LogP contribution is -2.50. The number of carbonyl (C=O) groups excluding carboxylic acids is 1. The van der Waals surface area contributed by atoms with Crippen molar-refractivity contribution in [1.82, 2.24) is 9.80 Å². The van der Waals surface area contributed by atoms with E-state index in [1.807, 2.05) is 20.8 Å². The molecule has 1 heterocycles. The lowest BCUT2D eigenvalue weighted by Gasteiger charge is -2.35. The molecule has 0 bridgehead atoms. The average Bonchev–Trinajstić information content (AvgIpc) is 2.25. The molecule has 1 amide bonds. The lowest BCUT2D eigenvalue weighted by molar-refractivity contribution is 0.0146. The summed E-state index contributed by atoms with van der Waals surface area (Å²) >= 11 is 0. The van der Waals surface area contributed by atoms with Crippen LogP contribution in [0.5, 0.6) is 0 Å². The molecule has 20 heavy (non-hydrogen) atoms. The van der Waals surface area contributed by atoms with Crippen LogP contribution in [0.25, 0.3) is 0 Å². The normalized spacial score (nSPS) is 18.1. The van der Waals surface area contributed by atoms with Crippen molar-refractivity contribution >= 4 is 16.2 Å². The summed E-state index contributed by atoms with van der Waals surface area (Å²) in [7, 11) is -3.88. The van der Waals surface area contributed by atoms with Gasteiger partial charge in [0.25, 0.3) is 10.1 Å². The van der Waals surface area contributed by atoms with Gasteiger partial charge in [0.15, 0.2) is 0 Å². The fraction of sp³-hybridized carbons (Fsp3) is 0.917. The molecule has 0 radical (unpaired) electrons. The van der Waals surface area contributed by atoms with Gasteiger partial charge >= 0.3 is 6.09 Å². The zero-order valence-corrected chi connectivity index (χ0v) is 13.1. The molecule has 0 aliphatic carbocycles. The predicted molar refractivity (Wildman–Crippen MR) is 75.3 cm³/mol. The minimum absolute atomic E-state index is 0.223. The predicted octanol–water partition coefficient (Wildman–Crippen LogP) is 0.817. The molecule has 1 N–H and O–H groups in total. The van der Waals surface area contributed by atoms with Crippen LogP contribution >= 0.6 is 0 Å². The van der Waals surface area contributed by atoms with E-state index < -0.39 is 15.7 Å². The summed E-state index contributed by atoms with van der Waals surface area (Å²) in [5, 5.41) is 0. The Morgan fingerprint density at radius 1 is 1.20 bits per heavy atom. The number of hydrogen-bond acceptors (Lipinski definition) is 5. The van der Waals surface area contributed by atoms with Crippen LogP contribution in [0.15, 0.2) is 0 Å². The third-order valence-corrected chi connectivity index (χ3v) is 3.71. The first-order valence-corrected chi connectivity index (χ1v) is 8.33. The number of ether oxygens (including phenoxy) is 1. The Morgan fingerprint density at radius 2 is 1.75 bits per heavy atom. The van der Waals surface area contributed by atoms with E-state index in [9.17, 15) is 13.2 Å². The quantitative estimate of drug-likeness (QED) is 0.774. The van der Waals surface area contributed by atoms with E-state index in [0.29, 0.717) is 39.1 Å². The van der Waals surface area contributed by atoms with E-state index in [1.165, 1.54) is 0 Å². The van der Waals surface area contributed by atoms with Gasteiger partial charge in [-0.2, -0.15) is 8.42 Å². The first-order chi connectivity index (χ1) is 9.07. The minimum Gasteiger partial charge on any atom is -0.444 e. The molecule has 0 aromatic rings. The van der Waals surface area contributed by atoms with Crippen LogP contribution < -0.4 is 0 Å². The third kappa shape index (κ3) is 7.06. The van der Waals surface area contributed by atoms with Crippen molar-refractivity contribution in [2.24, 2.45) is 0 Å². The van der Waals surface area contributed by atoms with E-state index in [-0.39, 0.29) is 11.8 Å². The summed E-state index contributed by atoms with van der Waals surface area (Å²) in [4.78, 5) is 15.6. The van der Waals surface area contributed by atoms with Crippen molar-refractivity contribution < 1.29 is 22.5 Å². The third-order valence-electron chi connectivity index (χ3n) is 2.90. The van der Waals surface area contributed by atoms with Gasteiger partial charge in [0.2, 0.25) is 0 Å². The molecule has 8 heteroatoms. The number of carbonyl (C=O) groups is 1. The molecule has 0 unspecified atom stereocenters. The first-order valence-electron chi connectivity index (χ1n) is 6.72. The Bertz CT molecular complexity index is 422. The molecule has 1 aliphatic rings. The summed E-state index contributed by atoms with van der Waals surface area (Å²) < 4.78 is 35.2. The van der Waals surface area contributed by atoms with Gasteiger partial charge in [-0.1, -0.05) is 0 Å². The van der Waals surface area contributed by atoms with Crippen molar-refractivity contribution in [3.63, 3.8) is 0 Å². The molecule has 1 aliphatic heterocycles. The molecule has 7 nitrogen and oxygen atoms in total. The van der Waals surface area contributed by atoms with E-state index >= 15 is 0 Å². The molecule has 0 saturated carbocycles. The van der Waals surface area contributed by atoms with Crippen LogP contribution in [-0.4, -0.2) is 72.9 Å². The van der Waals surface area contributed by atoms with Crippen LogP contribution in [0.3, 0.4) is 0 Å². The molecule has 1 saturated heterocycles. The fourth-order valence-corrected chi connectivity index (χ4v) is 2.44. The molecule has 0 aromatic carbocycles. The summed E-state index contributed by atoms with van der Waals surface area (Å²) in [6.45, 7) is 8.60. The monoisotopic (exact) mass is 308 g/mol. The van der Waals surface area contributed by atoms with Crippen LogP contribution in [0, 0.1) is 0 Å². The highest BCUT2D eigenvalue weighted by Crippen LogP contribution is 2.12. The Morgan fingerprint density at radius 3 is 2.20 bits per heavy atom. The van der Waals surface area contributed by atoms with Gasteiger partial charge in [0.05, 0.1) is 5.75 Å². The molecule has 0 spiro atoms. The highest BCUT2D eigenvalue weighted by Gasteiger charge is 2.25. The van der Waals surface area contributed by atoms with Crippen LogP contribution in [0.4, 0.5) is 4.79 Å². The number of rotatable bonds is 4. The minimum atomic E-state index is -3.88. The molecule has 1 rings (SSSR count). The Hall–Kier alpha value is -0.860. The molecule has 1 fully saturated rings. The number of nitrogens with zero attached hydrogens (tertiary/aromatic N) is 2. The van der Waals surface area contributed by atoms with E-state index in [4.69, 9.17) is 9.29 Å². The van der Waals surface area contributed by atoms with Crippen molar-refractivity contribution in [2.45, 2.75) is 32.8 Å². The maximum atomic E-state index is 11.8.